The van der Waals surface area contributed by atoms with Crippen LogP contribution >= 0.6 is 0 Å². The smallest absolute Gasteiger partial charge is 0.0859 e. The fraction of sp³-hybridized carbons (Fsp3) is 0.714. The van der Waals surface area contributed by atoms with Gasteiger partial charge in [0.15, 0.2) is 0 Å². The Morgan fingerprint density at radius 1 is 0.944 bits per heavy atom. The Hall–Kier alpha value is -0.680. The summed E-state index contributed by atoms with van der Waals surface area (Å²) in [6.45, 7) is 12.4. The molecule has 2 fully saturated rings. The molecule has 0 aromatic heterocycles. The SMILES string of the molecule is C1CC2OCCC2O1.C=CCO.C=CCO.CC. The molecule has 2 saturated heterocycles. The van der Waals surface area contributed by atoms with Crippen molar-refractivity contribution in [2.24, 2.45) is 0 Å². The molecule has 4 heteroatoms. The minimum atomic E-state index is 0.0833. The van der Waals surface area contributed by atoms with Crippen LogP contribution in [0.15, 0.2) is 25.3 Å². The molecular weight excluding hydrogens is 232 g/mol. The van der Waals surface area contributed by atoms with Crippen LogP contribution in [0.25, 0.3) is 0 Å². The summed E-state index contributed by atoms with van der Waals surface area (Å²) in [5, 5.41) is 15.5. The third kappa shape index (κ3) is 10.5. The Kier molecular flexibility index (Phi) is 17.8. The molecule has 0 bridgehead atoms. The van der Waals surface area contributed by atoms with E-state index in [9.17, 15) is 0 Å². The van der Waals surface area contributed by atoms with Crippen molar-refractivity contribution < 1.29 is 19.7 Å². The number of rotatable bonds is 2. The van der Waals surface area contributed by atoms with E-state index < -0.39 is 0 Å². The van der Waals surface area contributed by atoms with Crippen molar-refractivity contribution in [1.29, 1.82) is 0 Å². The predicted molar refractivity (Wildman–Crippen MR) is 74.6 cm³/mol. The molecule has 0 aliphatic carbocycles. The summed E-state index contributed by atoms with van der Waals surface area (Å²) < 4.78 is 10.7. The van der Waals surface area contributed by atoms with Gasteiger partial charge in [-0.05, 0) is 12.8 Å². The number of ether oxygens (including phenoxy) is 2. The lowest BCUT2D eigenvalue weighted by molar-refractivity contribution is 0.0732. The van der Waals surface area contributed by atoms with Crippen LogP contribution in [0.1, 0.15) is 26.7 Å². The van der Waals surface area contributed by atoms with Gasteiger partial charge in [-0.1, -0.05) is 26.0 Å². The van der Waals surface area contributed by atoms with Crippen molar-refractivity contribution in [1.82, 2.24) is 0 Å². The van der Waals surface area contributed by atoms with Gasteiger partial charge >= 0.3 is 0 Å². The van der Waals surface area contributed by atoms with Gasteiger partial charge in [0.2, 0.25) is 0 Å². The van der Waals surface area contributed by atoms with Gasteiger partial charge in [0.25, 0.3) is 0 Å². The minimum absolute atomic E-state index is 0.0833. The summed E-state index contributed by atoms with van der Waals surface area (Å²) in [5.74, 6) is 0. The second kappa shape index (κ2) is 16.3. The zero-order valence-corrected chi connectivity index (χ0v) is 11.7. The molecule has 18 heavy (non-hydrogen) atoms. The lowest BCUT2D eigenvalue weighted by atomic mass is 10.2. The Morgan fingerprint density at radius 3 is 1.44 bits per heavy atom. The molecule has 0 saturated carbocycles. The molecule has 0 amide bonds. The second-order valence-electron chi connectivity index (χ2n) is 3.34. The van der Waals surface area contributed by atoms with Crippen molar-refractivity contribution in [2.45, 2.75) is 38.9 Å². The standard InChI is InChI=1S/C6H10O2.2C3H6O.C2H6/c1-3-7-6-2-4-8-5(1)6;2*1-2-3-4;1-2/h5-6H,1-4H2;2*2,4H,1,3H2;1-2H3. The van der Waals surface area contributed by atoms with Crippen molar-refractivity contribution in [2.75, 3.05) is 26.4 Å². The van der Waals surface area contributed by atoms with Crippen molar-refractivity contribution in [3.8, 4) is 0 Å². The molecule has 0 aromatic carbocycles. The molecule has 2 N–H and O–H groups in total. The molecule has 0 radical (unpaired) electrons. The number of hydrogen-bond acceptors (Lipinski definition) is 4. The molecule has 2 aliphatic rings. The quantitative estimate of drug-likeness (QED) is 0.745. The fourth-order valence-electron chi connectivity index (χ4n) is 1.42. The Bertz CT molecular complexity index is 155. The van der Waals surface area contributed by atoms with Crippen LogP contribution in [0, 0.1) is 0 Å². The van der Waals surface area contributed by atoms with Crippen LogP contribution in [0.5, 0.6) is 0 Å². The molecule has 0 aromatic rings. The van der Waals surface area contributed by atoms with Gasteiger partial charge in [-0.2, -0.15) is 0 Å². The van der Waals surface area contributed by atoms with Gasteiger partial charge in [-0.15, -0.1) is 13.2 Å². The van der Waals surface area contributed by atoms with Gasteiger partial charge < -0.3 is 19.7 Å². The summed E-state index contributed by atoms with van der Waals surface area (Å²) in [6.07, 6.45) is 6.00. The highest BCUT2D eigenvalue weighted by Gasteiger charge is 2.33. The van der Waals surface area contributed by atoms with E-state index in [0.717, 1.165) is 26.1 Å². The fourth-order valence-corrected chi connectivity index (χ4v) is 1.42. The van der Waals surface area contributed by atoms with Gasteiger partial charge in [0.1, 0.15) is 0 Å². The first-order valence-electron chi connectivity index (χ1n) is 6.46. The number of aliphatic hydroxyl groups excluding tert-OH is 2. The zero-order chi connectivity index (χ0) is 14.2. The van der Waals surface area contributed by atoms with Crippen LogP contribution in [0.3, 0.4) is 0 Å². The Morgan fingerprint density at radius 2 is 1.22 bits per heavy atom. The van der Waals surface area contributed by atoms with Crippen LogP contribution in [0.4, 0.5) is 0 Å². The Labute approximate surface area is 111 Å². The third-order valence-electron chi connectivity index (χ3n) is 2.14. The van der Waals surface area contributed by atoms with Gasteiger partial charge in [0.05, 0.1) is 25.4 Å². The summed E-state index contributed by atoms with van der Waals surface area (Å²) in [5.41, 5.74) is 0. The molecule has 2 heterocycles. The molecule has 108 valence electrons. The van der Waals surface area contributed by atoms with E-state index in [1.54, 1.807) is 0 Å². The van der Waals surface area contributed by atoms with Crippen LogP contribution in [0.2, 0.25) is 0 Å². The molecule has 2 rings (SSSR count). The molecule has 0 spiro atoms. The predicted octanol–water partition coefficient (Wildman–Crippen LogP) is 1.92. The van der Waals surface area contributed by atoms with E-state index in [-0.39, 0.29) is 13.2 Å². The topological polar surface area (TPSA) is 58.9 Å². The molecule has 2 atom stereocenters. The Balaban J connectivity index is 0. The maximum atomic E-state index is 7.76. The van der Waals surface area contributed by atoms with E-state index >= 15 is 0 Å². The van der Waals surface area contributed by atoms with Gasteiger partial charge in [-0.3, -0.25) is 0 Å². The average molecular weight is 260 g/mol. The number of hydrogen-bond donors (Lipinski definition) is 2. The van der Waals surface area contributed by atoms with Crippen molar-refractivity contribution in [3.63, 3.8) is 0 Å². The van der Waals surface area contributed by atoms with Crippen LogP contribution in [-0.2, 0) is 9.47 Å². The van der Waals surface area contributed by atoms with E-state index in [1.807, 2.05) is 13.8 Å². The first-order chi connectivity index (χ1) is 8.79. The normalized spacial score (nSPS) is 23.1. The summed E-state index contributed by atoms with van der Waals surface area (Å²) in [4.78, 5) is 0. The maximum absolute atomic E-state index is 7.76. The zero-order valence-electron chi connectivity index (χ0n) is 11.7. The summed E-state index contributed by atoms with van der Waals surface area (Å²) >= 11 is 0. The highest BCUT2D eigenvalue weighted by molar-refractivity contribution is 4.81. The maximum Gasteiger partial charge on any atom is 0.0859 e. The van der Waals surface area contributed by atoms with E-state index in [0.29, 0.717) is 12.2 Å². The molecule has 2 unspecified atom stereocenters. The monoisotopic (exact) mass is 260 g/mol. The largest absolute Gasteiger partial charge is 0.392 e. The first kappa shape index (κ1) is 19.7. The van der Waals surface area contributed by atoms with Crippen molar-refractivity contribution >= 4 is 0 Å². The molecule has 2 aliphatic heterocycles. The molecular formula is C14H28O4. The van der Waals surface area contributed by atoms with Crippen molar-refractivity contribution in [3.05, 3.63) is 25.3 Å². The molecule has 4 nitrogen and oxygen atoms in total. The van der Waals surface area contributed by atoms with E-state index in [2.05, 4.69) is 13.2 Å². The summed E-state index contributed by atoms with van der Waals surface area (Å²) in [7, 11) is 0. The summed E-state index contributed by atoms with van der Waals surface area (Å²) in [6, 6.07) is 0. The van der Waals surface area contributed by atoms with E-state index in [4.69, 9.17) is 19.7 Å². The van der Waals surface area contributed by atoms with Gasteiger partial charge in [0, 0.05) is 13.2 Å². The lowest BCUT2D eigenvalue weighted by Crippen LogP contribution is -2.13. The minimum Gasteiger partial charge on any atom is -0.392 e. The van der Waals surface area contributed by atoms with Crippen LogP contribution < -0.4 is 0 Å². The highest BCUT2D eigenvalue weighted by atomic mass is 16.6. The average Bonchev–Trinajstić information content (AvgIpc) is 3.05. The highest BCUT2D eigenvalue weighted by Crippen LogP contribution is 2.25. The van der Waals surface area contributed by atoms with E-state index in [1.165, 1.54) is 12.2 Å². The third-order valence-corrected chi connectivity index (χ3v) is 2.14. The van der Waals surface area contributed by atoms with Crippen LogP contribution in [-0.4, -0.2) is 48.8 Å². The number of aliphatic hydroxyl groups is 2. The van der Waals surface area contributed by atoms with Gasteiger partial charge in [-0.25, -0.2) is 0 Å². The second-order valence-corrected chi connectivity index (χ2v) is 3.34. The first-order valence-corrected chi connectivity index (χ1v) is 6.46. The number of fused-ring (bicyclic) bond motifs is 1. The lowest BCUT2D eigenvalue weighted by Gasteiger charge is -2.03.